The van der Waals surface area contributed by atoms with E-state index in [0.29, 0.717) is 5.92 Å². The Morgan fingerprint density at radius 2 is 2.07 bits per heavy atom. The summed E-state index contributed by atoms with van der Waals surface area (Å²) in [6, 6.07) is 9.91. The molecule has 5 heteroatoms. The van der Waals surface area contributed by atoms with E-state index in [1.165, 1.54) is 5.56 Å². The van der Waals surface area contributed by atoms with Crippen molar-refractivity contribution < 1.29 is 9.21 Å². The molecule has 5 nitrogen and oxygen atoms in total. The third-order valence-corrected chi connectivity index (χ3v) is 5.57. The van der Waals surface area contributed by atoms with Crippen LogP contribution in [0, 0.1) is 19.8 Å². The zero-order valence-corrected chi connectivity index (χ0v) is 15.9. The van der Waals surface area contributed by atoms with E-state index in [-0.39, 0.29) is 6.03 Å². The van der Waals surface area contributed by atoms with Gasteiger partial charge in [-0.2, -0.15) is 0 Å². The zero-order chi connectivity index (χ0) is 18.8. The molecule has 2 aromatic heterocycles. The standard InChI is InChI=1S/C22H25N3O2/c1-15-16(2)27-21-6-5-19(13-20(15)21)24-22(26)25-10-7-17(8-11-25)12-18-4-3-9-23-14-18/h3-6,9,13-14,17H,7-8,10-12H2,1-2H3,(H,24,26). The molecule has 0 unspecified atom stereocenters. The van der Waals surface area contributed by atoms with Crippen LogP contribution in [0.5, 0.6) is 0 Å². The fraction of sp³-hybridized carbons (Fsp3) is 0.364. The van der Waals surface area contributed by atoms with Crippen molar-refractivity contribution in [3.8, 4) is 0 Å². The summed E-state index contributed by atoms with van der Waals surface area (Å²) in [5.41, 5.74) is 4.07. The second kappa shape index (κ2) is 7.43. The number of aryl methyl sites for hydroxylation is 2. The second-order valence-corrected chi connectivity index (χ2v) is 7.42. The van der Waals surface area contributed by atoms with Crippen LogP contribution in [-0.4, -0.2) is 29.0 Å². The van der Waals surface area contributed by atoms with Gasteiger partial charge in [0.1, 0.15) is 11.3 Å². The minimum atomic E-state index is -0.0213. The molecule has 3 heterocycles. The van der Waals surface area contributed by atoms with Crippen molar-refractivity contribution in [3.63, 3.8) is 0 Å². The lowest BCUT2D eigenvalue weighted by molar-refractivity contribution is 0.182. The first-order valence-electron chi connectivity index (χ1n) is 9.55. The highest BCUT2D eigenvalue weighted by molar-refractivity contribution is 5.93. The Morgan fingerprint density at radius 1 is 1.26 bits per heavy atom. The van der Waals surface area contributed by atoms with Crippen LogP contribution in [0.25, 0.3) is 11.0 Å². The van der Waals surface area contributed by atoms with Crippen LogP contribution in [0.2, 0.25) is 0 Å². The van der Waals surface area contributed by atoms with Gasteiger partial charge in [-0.1, -0.05) is 6.07 Å². The molecule has 27 heavy (non-hydrogen) atoms. The minimum Gasteiger partial charge on any atom is -0.461 e. The van der Waals surface area contributed by atoms with E-state index in [1.54, 1.807) is 6.20 Å². The van der Waals surface area contributed by atoms with Crippen molar-refractivity contribution in [2.75, 3.05) is 18.4 Å². The van der Waals surface area contributed by atoms with Gasteiger partial charge in [0.25, 0.3) is 0 Å². The summed E-state index contributed by atoms with van der Waals surface area (Å²) in [7, 11) is 0. The molecule has 2 amide bonds. The number of aromatic nitrogens is 1. The lowest BCUT2D eigenvalue weighted by Gasteiger charge is -2.32. The molecule has 3 aromatic rings. The highest BCUT2D eigenvalue weighted by Gasteiger charge is 2.23. The van der Waals surface area contributed by atoms with Gasteiger partial charge in [0.05, 0.1) is 0 Å². The first-order chi connectivity index (χ1) is 13.1. The van der Waals surface area contributed by atoms with Crippen LogP contribution >= 0.6 is 0 Å². The van der Waals surface area contributed by atoms with Crippen LogP contribution in [0.15, 0.2) is 47.1 Å². The van der Waals surface area contributed by atoms with Crippen molar-refractivity contribution in [3.05, 3.63) is 59.6 Å². The molecule has 1 aliphatic heterocycles. The van der Waals surface area contributed by atoms with Gasteiger partial charge in [-0.3, -0.25) is 4.98 Å². The summed E-state index contributed by atoms with van der Waals surface area (Å²) < 4.78 is 5.71. The highest BCUT2D eigenvalue weighted by atomic mass is 16.3. The third kappa shape index (κ3) is 3.82. The monoisotopic (exact) mass is 363 g/mol. The third-order valence-electron chi connectivity index (χ3n) is 5.57. The number of anilines is 1. The second-order valence-electron chi connectivity index (χ2n) is 7.42. The Balaban J connectivity index is 1.35. The van der Waals surface area contributed by atoms with Crippen molar-refractivity contribution in [2.24, 2.45) is 5.92 Å². The van der Waals surface area contributed by atoms with E-state index >= 15 is 0 Å². The maximum atomic E-state index is 12.6. The zero-order valence-electron chi connectivity index (χ0n) is 15.9. The molecular weight excluding hydrogens is 338 g/mol. The molecule has 1 N–H and O–H groups in total. The van der Waals surface area contributed by atoms with Gasteiger partial charge < -0.3 is 14.6 Å². The fourth-order valence-electron chi connectivity index (χ4n) is 3.82. The maximum absolute atomic E-state index is 12.6. The summed E-state index contributed by atoms with van der Waals surface area (Å²) >= 11 is 0. The van der Waals surface area contributed by atoms with Gasteiger partial charge in [-0.25, -0.2) is 4.79 Å². The SMILES string of the molecule is Cc1oc2ccc(NC(=O)N3CCC(Cc4cccnc4)CC3)cc2c1C. The number of hydrogen-bond donors (Lipinski definition) is 1. The topological polar surface area (TPSA) is 58.4 Å². The van der Waals surface area contributed by atoms with Crippen molar-refractivity contribution in [1.29, 1.82) is 0 Å². The number of rotatable bonds is 3. The van der Waals surface area contributed by atoms with Crippen LogP contribution in [0.3, 0.4) is 0 Å². The summed E-state index contributed by atoms with van der Waals surface area (Å²) in [6.07, 6.45) is 6.84. The molecule has 1 aromatic carbocycles. The molecule has 0 atom stereocenters. The molecule has 0 radical (unpaired) electrons. The number of benzene rings is 1. The van der Waals surface area contributed by atoms with E-state index in [0.717, 1.165) is 60.3 Å². The number of nitrogens with zero attached hydrogens (tertiary/aromatic N) is 2. The molecule has 0 aliphatic carbocycles. The van der Waals surface area contributed by atoms with Gasteiger partial charge in [-0.15, -0.1) is 0 Å². The average Bonchev–Trinajstić information content (AvgIpc) is 2.97. The van der Waals surface area contributed by atoms with Crippen molar-refractivity contribution >= 4 is 22.7 Å². The van der Waals surface area contributed by atoms with E-state index < -0.39 is 0 Å². The Kier molecular flexibility index (Phi) is 4.84. The van der Waals surface area contributed by atoms with Gasteiger partial charge in [0, 0.05) is 36.6 Å². The summed E-state index contributed by atoms with van der Waals surface area (Å²) in [5, 5.41) is 4.10. The number of amides is 2. The Labute approximate surface area is 159 Å². The summed E-state index contributed by atoms with van der Waals surface area (Å²) in [5.74, 6) is 1.54. The summed E-state index contributed by atoms with van der Waals surface area (Å²) in [6.45, 7) is 5.59. The number of hydrogen-bond acceptors (Lipinski definition) is 3. The summed E-state index contributed by atoms with van der Waals surface area (Å²) in [4.78, 5) is 18.7. The van der Waals surface area contributed by atoms with Crippen molar-refractivity contribution in [1.82, 2.24) is 9.88 Å². The number of pyridine rings is 1. The van der Waals surface area contributed by atoms with Crippen LogP contribution in [0.4, 0.5) is 10.5 Å². The molecular formula is C22H25N3O2. The van der Waals surface area contributed by atoms with Gasteiger partial charge in [0.2, 0.25) is 0 Å². The predicted molar refractivity (Wildman–Crippen MR) is 107 cm³/mol. The normalized spacial score (nSPS) is 15.3. The largest absolute Gasteiger partial charge is 0.461 e. The lowest BCUT2D eigenvalue weighted by Crippen LogP contribution is -2.41. The van der Waals surface area contributed by atoms with Crippen molar-refractivity contribution in [2.45, 2.75) is 33.1 Å². The molecule has 0 saturated carbocycles. The molecule has 4 rings (SSSR count). The van der Waals surface area contributed by atoms with Gasteiger partial charge >= 0.3 is 6.03 Å². The highest BCUT2D eigenvalue weighted by Crippen LogP contribution is 2.28. The number of fused-ring (bicyclic) bond motifs is 1. The molecule has 1 fully saturated rings. The molecule has 0 spiro atoms. The Morgan fingerprint density at radius 3 is 2.81 bits per heavy atom. The predicted octanol–water partition coefficient (Wildman–Crippen LogP) is 4.93. The Bertz CT molecular complexity index is 941. The maximum Gasteiger partial charge on any atom is 0.321 e. The average molecular weight is 363 g/mol. The number of urea groups is 1. The first kappa shape index (κ1) is 17.6. The number of piperidine rings is 1. The molecule has 0 bridgehead atoms. The van der Waals surface area contributed by atoms with E-state index in [1.807, 2.05) is 49.2 Å². The number of likely N-dealkylation sites (tertiary alicyclic amines) is 1. The quantitative estimate of drug-likeness (QED) is 0.718. The number of nitrogens with one attached hydrogen (secondary N) is 1. The number of carbonyl (C=O) groups excluding carboxylic acids is 1. The van der Waals surface area contributed by atoms with Crippen LogP contribution < -0.4 is 5.32 Å². The smallest absolute Gasteiger partial charge is 0.321 e. The molecule has 1 saturated heterocycles. The van der Waals surface area contributed by atoms with E-state index in [4.69, 9.17) is 4.42 Å². The van der Waals surface area contributed by atoms with Gasteiger partial charge in [0.15, 0.2) is 0 Å². The molecule has 1 aliphatic rings. The molecule has 140 valence electrons. The van der Waals surface area contributed by atoms with E-state index in [9.17, 15) is 4.79 Å². The van der Waals surface area contributed by atoms with E-state index in [2.05, 4.69) is 16.4 Å². The number of carbonyl (C=O) groups is 1. The van der Waals surface area contributed by atoms with Gasteiger partial charge in [-0.05, 0) is 74.4 Å². The number of furan rings is 1. The Hall–Kier alpha value is -2.82. The minimum absolute atomic E-state index is 0.0213. The van der Waals surface area contributed by atoms with Crippen LogP contribution in [-0.2, 0) is 6.42 Å². The first-order valence-corrected chi connectivity index (χ1v) is 9.55. The fourth-order valence-corrected chi connectivity index (χ4v) is 3.82. The lowest BCUT2D eigenvalue weighted by atomic mass is 9.91. The van der Waals surface area contributed by atoms with Crippen LogP contribution in [0.1, 0.15) is 29.7 Å².